The number of carbonyl (C=O) groups is 3. The number of benzene rings is 2. The van der Waals surface area contributed by atoms with Crippen molar-refractivity contribution in [1.82, 2.24) is 14.8 Å². The van der Waals surface area contributed by atoms with E-state index in [9.17, 15) is 18.8 Å². The Kier molecular flexibility index (Phi) is 6.45. The number of urea groups is 1. The van der Waals surface area contributed by atoms with Gasteiger partial charge in [-0.15, -0.1) is 0 Å². The largest absolute Gasteiger partial charge is 0.329 e. The number of aryl methyl sites for hydroxylation is 1. The van der Waals surface area contributed by atoms with Crippen LogP contribution in [0, 0.1) is 19.7 Å². The Balaban J connectivity index is 1.56. The molecule has 34 heavy (non-hydrogen) atoms. The number of nitrogens with one attached hydrogen (secondary N) is 2. The quantitative estimate of drug-likeness (QED) is 0.378. The summed E-state index contributed by atoms with van der Waals surface area (Å²) in [6, 6.07) is 12.0. The van der Waals surface area contributed by atoms with Crippen LogP contribution >= 0.6 is 23.2 Å². The van der Waals surface area contributed by atoms with E-state index in [0.717, 1.165) is 16.3 Å². The molecule has 1 aliphatic heterocycles. The van der Waals surface area contributed by atoms with Gasteiger partial charge in [-0.3, -0.25) is 9.59 Å². The van der Waals surface area contributed by atoms with E-state index in [1.165, 1.54) is 24.3 Å². The molecule has 4 rings (SSSR count). The van der Waals surface area contributed by atoms with Crippen molar-refractivity contribution in [3.05, 3.63) is 87.0 Å². The summed E-state index contributed by atoms with van der Waals surface area (Å²) in [6.45, 7) is 3.16. The van der Waals surface area contributed by atoms with Crippen molar-refractivity contribution >= 4 is 52.8 Å². The molecule has 0 unspecified atom stereocenters. The van der Waals surface area contributed by atoms with Crippen molar-refractivity contribution in [2.24, 2.45) is 0 Å². The minimum atomic E-state index is -0.744. The minimum Gasteiger partial charge on any atom is -0.322 e. The first-order valence-electron chi connectivity index (χ1n) is 10.2. The second kappa shape index (κ2) is 9.32. The highest BCUT2D eigenvalue weighted by Gasteiger charge is 2.35. The van der Waals surface area contributed by atoms with Gasteiger partial charge in [0.25, 0.3) is 5.91 Å². The highest BCUT2D eigenvalue weighted by Crippen LogP contribution is 2.32. The average molecular weight is 501 g/mol. The number of halogens is 3. The molecule has 174 valence electrons. The Morgan fingerprint density at radius 3 is 2.59 bits per heavy atom. The minimum absolute atomic E-state index is 0.0149. The molecule has 2 aromatic carbocycles. The van der Waals surface area contributed by atoms with E-state index in [4.69, 9.17) is 23.2 Å². The van der Waals surface area contributed by atoms with E-state index >= 15 is 0 Å². The van der Waals surface area contributed by atoms with Gasteiger partial charge in [0.05, 0.1) is 21.4 Å². The second-order valence-corrected chi connectivity index (χ2v) is 8.43. The lowest BCUT2D eigenvalue weighted by atomic mass is 10.2. The molecular formula is C24H19Cl2FN4O3. The molecule has 7 nitrogen and oxygen atoms in total. The monoisotopic (exact) mass is 500 g/mol. The molecule has 0 spiro atoms. The summed E-state index contributed by atoms with van der Waals surface area (Å²) in [7, 11) is 0. The third-order valence-electron chi connectivity index (χ3n) is 5.35. The van der Waals surface area contributed by atoms with E-state index in [-0.39, 0.29) is 11.4 Å². The predicted molar refractivity (Wildman–Crippen MR) is 129 cm³/mol. The van der Waals surface area contributed by atoms with Crippen LogP contribution in [0.25, 0.3) is 11.8 Å². The van der Waals surface area contributed by atoms with Gasteiger partial charge in [0.15, 0.2) is 0 Å². The average Bonchev–Trinajstić information content (AvgIpc) is 3.21. The Morgan fingerprint density at radius 2 is 1.85 bits per heavy atom. The lowest BCUT2D eigenvalue weighted by Gasteiger charge is -2.12. The molecule has 1 aliphatic rings. The van der Waals surface area contributed by atoms with Crippen molar-refractivity contribution in [2.75, 3.05) is 11.9 Å². The standard InChI is InChI=1S/C24H19Cl2FN4O3/c1-13-10-15(14(2)31(13)20-9-5-6-16(25)22(20)26)11-19-23(33)30(24(34)29-19)12-21(32)28-18-8-4-3-7-17(18)27/h3-11H,12H2,1-2H3,(H,28,32)(H,29,34)/b19-11+. The third-order valence-corrected chi connectivity index (χ3v) is 6.16. The number of anilines is 1. The second-order valence-electron chi connectivity index (χ2n) is 7.64. The molecule has 2 heterocycles. The van der Waals surface area contributed by atoms with E-state index in [1.807, 2.05) is 30.5 Å². The molecule has 0 saturated carbocycles. The summed E-state index contributed by atoms with van der Waals surface area (Å²) in [4.78, 5) is 38.2. The van der Waals surface area contributed by atoms with E-state index in [0.29, 0.717) is 21.3 Å². The first-order chi connectivity index (χ1) is 16.2. The van der Waals surface area contributed by atoms with Crippen LogP contribution in [0.4, 0.5) is 14.9 Å². The fourth-order valence-corrected chi connectivity index (χ4v) is 4.12. The number of imide groups is 1. The lowest BCUT2D eigenvalue weighted by Crippen LogP contribution is -2.38. The number of carbonyl (C=O) groups excluding carboxylic acids is 3. The Morgan fingerprint density at radius 1 is 1.12 bits per heavy atom. The van der Waals surface area contributed by atoms with Crippen LogP contribution in [0.2, 0.25) is 10.0 Å². The molecule has 0 aliphatic carbocycles. The molecule has 0 radical (unpaired) electrons. The molecule has 1 aromatic heterocycles. The maximum Gasteiger partial charge on any atom is 0.329 e. The molecule has 2 N–H and O–H groups in total. The topological polar surface area (TPSA) is 83.4 Å². The summed E-state index contributed by atoms with van der Waals surface area (Å²) >= 11 is 12.5. The first-order valence-corrected chi connectivity index (χ1v) is 10.9. The van der Waals surface area contributed by atoms with E-state index < -0.39 is 30.2 Å². The number of rotatable bonds is 5. The smallest absolute Gasteiger partial charge is 0.322 e. The van der Waals surface area contributed by atoms with Crippen molar-refractivity contribution < 1.29 is 18.8 Å². The van der Waals surface area contributed by atoms with Gasteiger partial charge in [-0.1, -0.05) is 41.4 Å². The first kappa shape index (κ1) is 23.5. The van der Waals surface area contributed by atoms with Gasteiger partial charge in [-0.05, 0) is 55.8 Å². The fourth-order valence-electron chi connectivity index (χ4n) is 3.74. The number of nitrogens with zero attached hydrogens (tertiary/aromatic N) is 2. The van der Waals surface area contributed by atoms with Crippen molar-refractivity contribution in [1.29, 1.82) is 0 Å². The zero-order chi connectivity index (χ0) is 24.6. The van der Waals surface area contributed by atoms with Gasteiger partial charge in [0, 0.05) is 11.4 Å². The molecule has 0 bridgehead atoms. The summed E-state index contributed by atoms with van der Waals surface area (Å²) in [6.07, 6.45) is 1.53. The SMILES string of the molecule is Cc1cc(/C=C2/NC(=O)N(CC(=O)Nc3ccccc3F)C2=O)c(C)n1-c1cccc(Cl)c1Cl. The number of para-hydroxylation sites is 1. The number of hydrogen-bond donors (Lipinski definition) is 2. The van der Waals surface area contributed by atoms with Gasteiger partial charge in [-0.2, -0.15) is 0 Å². The van der Waals surface area contributed by atoms with Crippen molar-refractivity contribution in [3.63, 3.8) is 0 Å². The zero-order valence-electron chi connectivity index (χ0n) is 18.2. The highest BCUT2D eigenvalue weighted by atomic mass is 35.5. The van der Waals surface area contributed by atoms with Crippen LogP contribution in [-0.2, 0) is 9.59 Å². The Hall–Kier alpha value is -3.62. The summed E-state index contributed by atoms with van der Waals surface area (Å²) in [5, 5.41) is 5.65. The van der Waals surface area contributed by atoms with Crippen LogP contribution in [0.15, 0.2) is 54.2 Å². The van der Waals surface area contributed by atoms with E-state index in [1.54, 1.807) is 18.2 Å². The van der Waals surface area contributed by atoms with Crippen LogP contribution < -0.4 is 10.6 Å². The van der Waals surface area contributed by atoms with Gasteiger partial charge in [0.1, 0.15) is 18.1 Å². The maximum atomic E-state index is 13.8. The van der Waals surface area contributed by atoms with Crippen molar-refractivity contribution in [3.8, 4) is 5.69 Å². The lowest BCUT2D eigenvalue weighted by molar-refractivity contribution is -0.127. The number of hydrogen-bond acceptors (Lipinski definition) is 3. The normalized spacial score (nSPS) is 14.6. The summed E-state index contributed by atoms with van der Waals surface area (Å²) < 4.78 is 15.7. The van der Waals surface area contributed by atoms with Gasteiger partial charge >= 0.3 is 6.03 Å². The molecule has 1 saturated heterocycles. The highest BCUT2D eigenvalue weighted by molar-refractivity contribution is 6.43. The van der Waals surface area contributed by atoms with Gasteiger partial charge in [-0.25, -0.2) is 14.1 Å². The molecule has 0 atom stereocenters. The maximum absolute atomic E-state index is 13.8. The van der Waals surface area contributed by atoms with Crippen LogP contribution in [0.1, 0.15) is 17.0 Å². The Labute approximate surface area is 204 Å². The van der Waals surface area contributed by atoms with E-state index in [2.05, 4.69) is 10.6 Å². The predicted octanol–water partition coefficient (Wildman–Crippen LogP) is 5.07. The fraction of sp³-hybridized carbons (Fsp3) is 0.125. The number of amides is 4. The summed E-state index contributed by atoms with van der Waals surface area (Å²) in [5.74, 6) is -1.99. The Bertz CT molecular complexity index is 1370. The molecule has 4 amide bonds. The van der Waals surface area contributed by atoms with Crippen LogP contribution in [0.5, 0.6) is 0 Å². The van der Waals surface area contributed by atoms with Gasteiger partial charge < -0.3 is 15.2 Å². The van der Waals surface area contributed by atoms with Crippen LogP contribution in [0.3, 0.4) is 0 Å². The molecule has 10 heteroatoms. The molecule has 3 aromatic rings. The zero-order valence-corrected chi connectivity index (χ0v) is 19.7. The molecular weight excluding hydrogens is 482 g/mol. The van der Waals surface area contributed by atoms with Gasteiger partial charge in [0.2, 0.25) is 5.91 Å². The summed E-state index contributed by atoms with van der Waals surface area (Å²) in [5.41, 5.74) is 2.94. The third kappa shape index (κ3) is 4.42. The number of aromatic nitrogens is 1. The van der Waals surface area contributed by atoms with Crippen LogP contribution in [-0.4, -0.2) is 33.9 Å². The van der Waals surface area contributed by atoms with Crippen molar-refractivity contribution in [2.45, 2.75) is 13.8 Å². The molecule has 1 fully saturated rings.